The van der Waals surface area contributed by atoms with Crippen molar-refractivity contribution >= 4 is 5.91 Å². The Kier molecular flexibility index (Phi) is 3.77. The Morgan fingerprint density at radius 2 is 2.00 bits per heavy atom. The predicted octanol–water partition coefficient (Wildman–Crippen LogP) is 1.62. The summed E-state index contributed by atoms with van der Waals surface area (Å²) in [5.41, 5.74) is 6.09. The third kappa shape index (κ3) is 3.49. The molecule has 0 aromatic heterocycles. The Hall–Kier alpha value is -0.570. The first-order valence-corrected chi connectivity index (χ1v) is 5.82. The van der Waals surface area contributed by atoms with Gasteiger partial charge < -0.3 is 10.6 Å². The van der Waals surface area contributed by atoms with Gasteiger partial charge in [0.1, 0.15) is 0 Å². The van der Waals surface area contributed by atoms with Gasteiger partial charge in [-0.2, -0.15) is 0 Å². The molecule has 0 heterocycles. The lowest BCUT2D eigenvalue weighted by molar-refractivity contribution is -0.135. The van der Waals surface area contributed by atoms with Crippen LogP contribution in [0.3, 0.4) is 0 Å². The number of carbonyl (C=O) groups is 1. The summed E-state index contributed by atoms with van der Waals surface area (Å²) in [6, 6.07) is 0.0833. The lowest BCUT2D eigenvalue weighted by Gasteiger charge is -2.29. The third-order valence-corrected chi connectivity index (χ3v) is 2.97. The number of hydrogen-bond acceptors (Lipinski definition) is 2. The Morgan fingerprint density at radius 3 is 2.40 bits per heavy atom. The Morgan fingerprint density at radius 1 is 1.40 bits per heavy atom. The molecular weight excluding hydrogens is 188 g/mol. The van der Waals surface area contributed by atoms with Crippen LogP contribution in [0.1, 0.15) is 40.0 Å². The fraction of sp³-hybridized carbons (Fsp3) is 0.917. The molecule has 1 aliphatic carbocycles. The van der Waals surface area contributed by atoms with Crippen LogP contribution in [0.15, 0.2) is 0 Å². The summed E-state index contributed by atoms with van der Waals surface area (Å²) >= 11 is 0. The smallest absolute Gasteiger partial charge is 0.227 e. The summed E-state index contributed by atoms with van der Waals surface area (Å²) in [5.74, 6) is 0.298. The van der Waals surface area contributed by atoms with Gasteiger partial charge in [0.05, 0.1) is 5.92 Å². The highest BCUT2D eigenvalue weighted by Gasteiger charge is 2.33. The maximum absolute atomic E-state index is 12.1. The van der Waals surface area contributed by atoms with Gasteiger partial charge in [0.2, 0.25) is 5.91 Å². The maximum atomic E-state index is 12.1. The van der Waals surface area contributed by atoms with E-state index in [4.69, 9.17) is 5.73 Å². The molecular formula is C12H24N2O. The van der Waals surface area contributed by atoms with E-state index >= 15 is 0 Å². The van der Waals surface area contributed by atoms with Crippen molar-refractivity contribution in [1.29, 1.82) is 0 Å². The number of carbonyl (C=O) groups excluding carboxylic acids is 1. The molecule has 2 N–H and O–H groups in total. The second-order valence-electron chi connectivity index (χ2n) is 5.96. The molecule has 1 saturated carbocycles. The molecule has 0 aliphatic heterocycles. The van der Waals surface area contributed by atoms with Gasteiger partial charge in [0, 0.05) is 19.6 Å². The van der Waals surface area contributed by atoms with Crippen molar-refractivity contribution in [3.8, 4) is 0 Å². The van der Waals surface area contributed by atoms with Crippen LogP contribution in [-0.2, 0) is 4.79 Å². The Labute approximate surface area is 93.0 Å². The predicted molar refractivity (Wildman–Crippen MR) is 62.4 cm³/mol. The topological polar surface area (TPSA) is 46.3 Å². The van der Waals surface area contributed by atoms with Gasteiger partial charge in [-0.3, -0.25) is 4.79 Å². The van der Waals surface area contributed by atoms with E-state index in [2.05, 4.69) is 20.8 Å². The molecule has 0 spiro atoms. The highest BCUT2D eigenvalue weighted by molar-refractivity contribution is 5.79. The van der Waals surface area contributed by atoms with Crippen LogP contribution < -0.4 is 5.73 Å². The van der Waals surface area contributed by atoms with E-state index in [0.717, 1.165) is 25.8 Å². The Balaban J connectivity index is 2.52. The minimum atomic E-state index is 0.0670. The van der Waals surface area contributed by atoms with Crippen LogP contribution in [0, 0.1) is 11.3 Å². The number of nitrogens with zero attached hydrogens (tertiary/aromatic N) is 1. The molecule has 2 unspecified atom stereocenters. The van der Waals surface area contributed by atoms with E-state index in [1.54, 1.807) is 0 Å². The first kappa shape index (κ1) is 12.5. The average Bonchev–Trinajstić information content (AvgIpc) is 2.47. The van der Waals surface area contributed by atoms with Crippen LogP contribution in [0.2, 0.25) is 0 Å². The van der Waals surface area contributed by atoms with Crippen LogP contribution >= 0.6 is 0 Å². The van der Waals surface area contributed by atoms with Crippen molar-refractivity contribution in [2.45, 2.75) is 46.1 Å². The summed E-state index contributed by atoms with van der Waals surface area (Å²) in [7, 11) is 1.89. The molecule has 1 aliphatic rings. The molecule has 2 atom stereocenters. The number of rotatable bonds is 2. The molecule has 3 nitrogen and oxygen atoms in total. The van der Waals surface area contributed by atoms with Crippen molar-refractivity contribution in [3.63, 3.8) is 0 Å². The van der Waals surface area contributed by atoms with Gasteiger partial charge in [-0.15, -0.1) is 0 Å². The first-order valence-electron chi connectivity index (χ1n) is 5.82. The quantitative estimate of drug-likeness (QED) is 0.756. The zero-order valence-corrected chi connectivity index (χ0v) is 10.4. The molecule has 0 aromatic rings. The number of hydrogen-bond donors (Lipinski definition) is 1. The molecule has 1 amide bonds. The normalized spacial score (nSPS) is 26.7. The van der Waals surface area contributed by atoms with E-state index in [-0.39, 0.29) is 23.3 Å². The third-order valence-electron chi connectivity index (χ3n) is 2.97. The monoisotopic (exact) mass is 212 g/mol. The fourth-order valence-corrected chi connectivity index (χ4v) is 2.37. The summed E-state index contributed by atoms with van der Waals surface area (Å²) in [4.78, 5) is 13.9. The van der Waals surface area contributed by atoms with Crippen molar-refractivity contribution < 1.29 is 4.79 Å². The summed E-state index contributed by atoms with van der Waals surface area (Å²) in [6.45, 7) is 7.23. The fourth-order valence-electron chi connectivity index (χ4n) is 2.37. The highest BCUT2D eigenvalue weighted by Crippen LogP contribution is 2.26. The SMILES string of the molecule is CN(CC(C)(C)C)C(=O)C1CCCC1N. The molecule has 0 saturated heterocycles. The standard InChI is InChI=1S/C12H24N2O/c1-12(2,3)8-14(4)11(15)9-6-5-7-10(9)13/h9-10H,5-8,13H2,1-4H3. The van der Waals surface area contributed by atoms with Gasteiger partial charge in [0.15, 0.2) is 0 Å². The second-order valence-corrected chi connectivity index (χ2v) is 5.96. The molecule has 1 fully saturated rings. The zero-order valence-electron chi connectivity index (χ0n) is 10.4. The van der Waals surface area contributed by atoms with Gasteiger partial charge >= 0.3 is 0 Å². The number of nitrogens with two attached hydrogens (primary N) is 1. The minimum Gasteiger partial charge on any atom is -0.345 e. The van der Waals surface area contributed by atoms with Crippen LogP contribution in [0.25, 0.3) is 0 Å². The lowest BCUT2D eigenvalue weighted by atomic mass is 9.95. The summed E-state index contributed by atoms with van der Waals surface area (Å²) in [5, 5.41) is 0. The van der Waals surface area contributed by atoms with Gasteiger partial charge in [-0.1, -0.05) is 27.2 Å². The van der Waals surface area contributed by atoms with E-state index in [9.17, 15) is 4.79 Å². The second kappa shape index (κ2) is 4.52. The summed E-state index contributed by atoms with van der Waals surface area (Å²) in [6.07, 6.45) is 3.06. The van der Waals surface area contributed by atoms with E-state index < -0.39 is 0 Å². The molecule has 15 heavy (non-hydrogen) atoms. The van der Waals surface area contributed by atoms with Crippen LogP contribution in [0.4, 0.5) is 0 Å². The first-order chi connectivity index (χ1) is 6.81. The van der Waals surface area contributed by atoms with Crippen molar-refractivity contribution in [3.05, 3.63) is 0 Å². The van der Waals surface area contributed by atoms with Crippen LogP contribution in [-0.4, -0.2) is 30.4 Å². The van der Waals surface area contributed by atoms with Gasteiger partial charge in [-0.05, 0) is 18.3 Å². The maximum Gasteiger partial charge on any atom is 0.227 e. The van der Waals surface area contributed by atoms with Crippen molar-refractivity contribution in [2.75, 3.05) is 13.6 Å². The Bertz CT molecular complexity index is 232. The zero-order chi connectivity index (χ0) is 11.6. The lowest BCUT2D eigenvalue weighted by Crippen LogP contribution is -2.42. The van der Waals surface area contributed by atoms with Crippen molar-refractivity contribution in [2.24, 2.45) is 17.1 Å². The van der Waals surface area contributed by atoms with Crippen LogP contribution in [0.5, 0.6) is 0 Å². The van der Waals surface area contributed by atoms with E-state index in [1.165, 1.54) is 0 Å². The minimum absolute atomic E-state index is 0.0670. The molecule has 0 radical (unpaired) electrons. The molecule has 88 valence electrons. The molecule has 0 bridgehead atoms. The molecule has 1 rings (SSSR count). The molecule has 3 heteroatoms. The van der Waals surface area contributed by atoms with Gasteiger partial charge in [0.25, 0.3) is 0 Å². The average molecular weight is 212 g/mol. The largest absolute Gasteiger partial charge is 0.345 e. The molecule has 0 aromatic carbocycles. The van der Waals surface area contributed by atoms with E-state index in [1.807, 2.05) is 11.9 Å². The van der Waals surface area contributed by atoms with Crippen molar-refractivity contribution in [1.82, 2.24) is 4.90 Å². The highest BCUT2D eigenvalue weighted by atomic mass is 16.2. The number of amides is 1. The van der Waals surface area contributed by atoms with Gasteiger partial charge in [-0.25, -0.2) is 0 Å². The summed E-state index contributed by atoms with van der Waals surface area (Å²) < 4.78 is 0. The van der Waals surface area contributed by atoms with E-state index in [0.29, 0.717) is 0 Å².